The normalized spacial score (nSPS) is 20.2. The fourth-order valence-electron chi connectivity index (χ4n) is 4.79. The number of imide groups is 1. The van der Waals surface area contributed by atoms with Crippen molar-refractivity contribution in [3.63, 3.8) is 0 Å². The monoisotopic (exact) mass is 458 g/mol. The number of likely N-dealkylation sites (tertiary alicyclic amines) is 1. The second-order valence-electron chi connectivity index (χ2n) is 9.58. The fraction of sp³-hybridized carbons (Fsp3) is 0.654. The predicted octanol–water partition coefficient (Wildman–Crippen LogP) is 4.03. The molecule has 7 heteroatoms. The number of carbonyl (C=O) groups is 3. The third kappa shape index (κ3) is 6.06. The van der Waals surface area contributed by atoms with Crippen molar-refractivity contribution >= 4 is 17.7 Å². The van der Waals surface area contributed by atoms with Gasteiger partial charge in [-0.1, -0.05) is 39.7 Å². The molecule has 3 rings (SSSR count). The molecule has 3 amide bonds. The van der Waals surface area contributed by atoms with Crippen LogP contribution < -0.4 is 9.47 Å². The number of benzene rings is 1. The number of ether oxygens (including phenoxy) is 2. The molecule has 1 aliphatic carbocycles. The summed E-state index contributed by atoms with van der Waals surface area (Å²) in [5, 5.41) is 0. The van der Waals surface area contributed by atoms with E-state index in [1.54, 1.807) is 12.0 Å². The summed E-state index contributed by atoms with van der Waals surface area (Å²) in [6.07, 6.45) is 4.57. The molecular weight excluding hydrogens is 420 g/mol. The first-order valence-electron chi connectivity index (χ1n) is 12.3. The van der Waals surface area contributed by atoms with Crippen molar-refractivity contribution in [1.29, 1.82) is 0 Å². The van der Waals surface area contributed by atoms with Crippen LogP contribution in [0.2, 0.25) is 0 Å². The zero-order valence-corrected chi connectivity index (χ0v) is 20.5. The van der Waals surface area contributed by atoms with Crippen LogP contribution in [-0.4, -0.2) is 54.3 Å². The predicted molar refractivity (Wildman–Crippen MR) is 126 cm³/mol. The van der Waals surface area contributed by atoms with Crippen LogP contribution in [0.1, 0.15) is 64.9 Å². The summed E-state index contributed by atoms with van der Waals surface area (Å²) >= 11 is 0. The summed E-state index contributed by atoms with van der Waals surface area (Å²) in [6.45, 7) is 8.04. The molecule has 0 unspecified atom stereocenters. The molecule has 1 aromatic rings. The third-order valence-corrected chi connectivity index (χ3v) is 6.50. The molecule has 0 bridgehead atoms. The van der Waals surface area contributed by atoms with Gasteiger partial charge in [-0.25, -0.2) is 0 Å². The van der Waals surface area contributed by atoms with Crippen molar-refractivity contribution in [3.05, 3.63) is 23.8 Å². The molecule has 0 radical (unpaired) electrons. The van der Waals surface area contributed by atoms with E-state index in [0.717, 1.165) is 37.7 Å². The van der Waals surface area contributed by atoms with Crippen LogP contribution in [0.25, 0.3) is 0 Å². The van der Waals surface area contributed by atoms with E-state index in [2.05, 4.69) is 13.8 Å². The highest BCUT2D eigenvalue weighted by Gasteiger charge is 2.47. The van der Waals surface area contributed by atoms with Crippen molar-refractivity contribution in [1.82, 2.24) is 9.80 Å². The van der Waals surface area contributed by atoms with E-state index in [4.69, 9.17) is 9.47 Å². The van der Waals surface area contributed by atoms with Crippen molar-refractivity contribution in [2.24, 2.45) is 17.8 Å². The minimum atomic E-state index is -0.169. The van der Waals surface area contributed by atoms with Crippen LogP contribution in [0.15, 0.2) is 18.2 Å². The van der Waals surface area contributed by atoms with E-state index in [-0.39, 0.29) is 42.5 Å². The second-order valence-corrected chi connectivity index (χ2v) is 9.58. The number of hydrogen-bond acceptors (Lipinski definition) is 5. The molecule has 1 aromatic carbocycles. The molecule has 182 valence electrons. The number of carbonyl (C=O) groups excluding carboxylic acids is 3. The zero-order valence-electron chi connectivity index (χ0n) is 20.5. The topological polar surface area (TPSA) is 76.2 Å². The minimum absolute atomic E-state index is 0.0496. The Morgan fingerprint density at radius 1 is 1.12 bits per heavy atom. The minimum Gasteiger partial charge on any atom is -0.493 e. The van der Waals surface area contributed by atoms with Gasteiger partial charge in [-0.3, -0.25) is 19.3 Å². The van der Waals surface area contributed by atoms with Gasteiger partial charge in [0.2, 0.25) is 17.7 Å². The van der Waals surface area contributed by atoms with E-state index < -0.39 is 0 Å². The fourth-order valence-corrected chi connectivity index (χ4v) is 4.79. The molecular formula is C26H38N2O5. The summed E-state index contributed by atoms with van der Waals surface area (Å²) in [7, 11) is 1.61. The number of fused-ring (bicyclic) bond motifs is 1. The van der Waals surface area contributed by atoms with Gasteiger partial charge in [0.05, 0.1) is 25.6 Å². The summed E-state index contributed by atoms with van der Waals surface area (Å²) in [5.74, 6) is 1.19. The zero-order chi connectivity index (χ0) is 24.0. The lowest BCUT2D eigenvalue weighted by Crippen LogP contribution is -2.37. The summed E-state index contributed by atoms with van der Waals surface area (Å²) in [6, 6.07) is 5.74. The van der Waals surface area contributed by atoms with Gasteiger partial charge < -0.3 is 14.4 Å². The standard InChI is InChI=1S/C26H38N2O5/c1-5-13-27(16-19-10-11-22(23(15-19)32-4)33-17-18(2)3)24(29)12-14-28-25(30)20-8-6-7-9-21(20)26(28)31/h10-11,15,18,20-21H,5-9,12-14,16-17H2,1-4H3/t20-,21-/m0/s1. The first-order valence-corrected chi connectivity index (χ1v) is 12.3. The molecule has 0 N–H and O–H groups in total. The van der Waals surface area contributed by atoms with Crippen LogP contribution >= 0.6 is 0 Å². The number of hydrogen-bond donors (Lipinski definition) is 0. The highest BCUT2D eigenvalue weighted by molar-refractivity contribution is 6.05. The van der Waals surface area contributed by atoms with Gasteiger partial charge in [-0.15, -0.1) is 0 Å². The Morgan fingerprint density at radius 2 is 1.79 bits per heavy atom. The van der Waals surface area contributed by atoms with Gasteiger partial charge in [0.25, 0.3) is 0 Å². The molecule has 1 saturated carbocycles. The lowest BCUT2D eigenvalue weighted by Gasteiger charge is -2.24. The van der Waals surface area contributed by atoms with E-state index in [9.17, 15) is 14.4 Å². The maximum Gasteiger partial charge on any atom is 0.233 e. The third-order valence-electron chi connectivity index (χ3n) is 6.50. The Labute approximate surface area is 197 Å². The van der Waals surface area contributed by atoms with Crippen molar-refractivity contribution < 1.29 is 23.9 Å². The maximum absolute atomic E-state index is 13.0. The quantitative estimate of drug-likeness (QED) is 0.468. The molecule has 2 fully saturated rings. The van der Waals surface area contributed by atoms with Gasteiger partial charge in [0.15, 0.2) is 11.5 Å². The van der Waals surface area contributed by atoms with Crippen molar-refractivity contribution in [2.45, 2.75) is 65.8 Å². The van der Waals surface area contributed by atoms with Crippen molar-refractivity contribution in [3.8, 4) is 11.5 Å². The van der Waals surface area contributed by atoms with E-state index in [1.807, 2.05) is 25.1 Å². The average molecular weight is 459 g/mol. The first kappa shape index (κ1) is 25.1. The van der Waals surface area contributed by atoms with Gasteiger partial charge in [-0.2, -0.15) is 0 Å². The lowest BCUT2D eigenvalue weighted by atomic mass is 9.81. The van der Waals surface area contributed by atoms with E-state index in [0.29, 0.717) is 37.1 Å². The number of nitrogens with zero attached hydrogens (tertiary/aromatic N) is 2. The Balaban J connectivity index is 1.62. The largest absolute Gasteiger partial charge is 0.493 e. The van der Waals surface area contributed by atoms with Crippen LogP contribution in [0.3, 0.4) is 0 Å². The Morgan fingerprint density at radius 3 is 2.36 bits per heavy atom. The maximum atomic E-state index is 13.0. The highest BCUT2D eigenvalue weighted by Crippen LogP contribution is 2.38. The second kappa shape index (κ2) is 11.5. The molecule has 2 aliphatic rings. The van der Waals surface area contributed by atoms with Crippen LogP contribution in [0, 0.1) is 17.8 Å². The molecule has 33 heavy (non-hydrogen) atoms. The van der Waals surface area contributed by atoms with Crippen LogP contribution in [0.4, 0.5) is 0 Å². The first-order chi connectivity index (χ1) is 15.8. The lowest BCUT2D eigenvalue weighted by molar-refractivity contribution is -0.141. The van der Waals surface area contributed by atoms with Gasteiger partial charge >= 0.3 is 0 Å². The van der Waals surface area contributed by atoms with Gasteiger partial charge in [-0.05, 0) is 42.9 Å². The summed E-state index contributed by atoms with van der Waals surface area (Å²) in [4.78, 5) is 41.6. The molecule has 0 spiro atoms. The number of rotatable bonds is 11. The average Bonchev–Trinajstić information content (AvgIpc) is 3.05. The van der Waals surface area contributed by atoms with Gasteiger partial charge in [0, 0.05) is 26.1 Å². The van der Waals surface area contributed by atoms with Crippen molar-refractivity contribution in [2.75, 3.05) is 26.8 Å². The SMILES string of the molecule is CCCN(Cc1ccc(OCC(C)C)c(OC)c1)C(=O)CCN1C(=O)[C@H]2CCCC[C@@H]2C1=O. The van der Waals surface area contributed by atoms with E-state index >= 15 is 0 Å². The molecule has 2 atom stereocenters. The molecule has 7 nitrogen and oxygen atoms in total. The Kier molecular flexibility index (Phi) is 8.75. The molecule has 1 aliphatic heterocycles. The molecule has 1 saturated heterocycles. The Hall–Kier alpha value is -2.57. The Bertz CT molecular complexity index is 829. The summed E-state index contributed by atoms with van der Waals surface area (Å²) < 4.78 is 11.3. The number of amides is 3. The molecule has 1 heterocycles. The smallest absolute Gasteiger partial charge is 0.233 e. The van der Waals surface area contributed by atoms with Gasteiger partial charge in [0.1, 0.15) is 0 Å². The van der Waals surface area contributed by atoms with Crippen LogP contribution in [-0.2, 0) is 20.9 Å². The van der Waals surface area contributed by atoms with Crippen LogP contribution in [0.5, 0.6) is 11.5 Å². The number of methoxy groups -OCH3 is 1. The summed E-state index contributed by atoms with van der Waals surface area (Å²) in [5.41, 5.74) is 0.949. The van der Waals surface area contributed by atoms with E-state index in [1.165, 1.54) is 4.90 Å². The molecule has 0 aromatic heterocycles. The highest BCUT2D eigenvalue weighted by atomic mass is 16.5.